The van der Waals surface area contributed by atoms with Gasteiger partial charge >= 0.3 is 12.2 Å². The van der Waals surface area contributed by atoms with E-state index in [-0.39, 0.29) is 28.8 Å². The van der Waals surface area contributed by atoms with Crippen LogP contribution in [0.5, 0.6) is 0 Å². The summed E-state index contributed by atoms with van der Waals surface area (Å²) >= 11 is 0. The number of anilines is 3. The average Bonchev–Trinajstić information content (AvgIpc) is 3.26. The number of alkyl halides is 3. The van der Waals surface area contributed by atoms with E-state index in [0.717, 1.165) is 23.3 Å². The molecule has 2 aromatic heterocycles. The van der Waals surface area contributed by atoms with Crippen molar-refractivity contribution >= 4 is 29.0 Å². The van der Waals surface area contributed by atoms with E-state index in [4.69, 9.17) is 4.74 Å². The van der Waals surface area contributed by atoms with Crippen molar-refractivity contribution in [3.63, 3.8) is 0 Å². The van der Waals surface area contributed by atoms with Gasteiger partial charge in [0.15, 0.2) is 0 Å². The van der Waals surface area contributed by atoms with Crippen LogP contribution in [0.15, 0.2) is 73.3 Å². The van der Waals surface area contributed by atoms with Gasteiger partial charge < -0.3 is 20.7 Å². The van der Waals surface area contributed by atoms with Gasteiger partial charge in [0.1, 0.15) is 0 Å². The van der Waals surface area contributed by atoms with Gasteiger partial charge in [0, 0.05) is 52.4 Å². The number of benzene rings is 2. The Labute approximate surface area is 239 Å². The van der Waals surface area contributed by atoms with Gasteiger partial charge in [0.05, 0.1) is 42.3 Å². The van der Waals surface area contributed by atoms with Crippen molar-refractivity contribution in [3.8, 4) is 16.8 Å². The molecule has 2 aliphatic rings. The Morgan fingerprint density at radius 2 is 1.83 bits per heavy atom. The van der Waals surface area contributed by atoms with Crippen LogP contribution in [0.2, 0.25) is 0 Å². The SMILES string of the molecule is Cc1ccc(NC(=O)Nc2cccc(C(F)(F)F)c2)cc1-n1cc(-c2cnccc2NC(=O)C2C3COC[C@@]32C)cn1. The molecule has 9 nitrogen and oxygen atoms in total. The number of aromatic nitrogens is 3. The number of nitrogens with one attached hydrogen (secondary N) is 3. The Kier molecular flexibility index (Phi) is 6.72. The smallest absolute Gasteiger partial charge is 0.381 e. The van der Waals surface area contributed by atoms with Crippen molar-refractivity contribution in [1.82, 2.24) is 14.8 Å². The Morgan fingerprint density at radius 3 is 2.57 bits per heavy atom. The number of nitrogens with zero attached hydrogens (tertiary/aromatic N) is 3. The molecule has 3 N–H and O–H groups in total. The minimum Gasteiger partial charge on any atom is -0.381 e. The van der Waals surface area contributed by atoms with Crippen LogP contribution in [0.3, 0.4) is 0 Å². The lowest BCUT2D eigenvalue weighted by molar-refractivity contribution is -0.137. The highest BCUT2D eigenvalue weighted by atomic mass is 19.4. The molecule has 6 rings (SSSR count). The van der Waals surface area contributed by atoms with E-state index < -0.39 is 17.8 Å². The van der Waals surface area contributed by atoms with Crippen LogP contribution >= 0.6 is 0 Å². The number of ether oxygens (including phenoxy) is 1. The zero-order chi connectivity index (χ0) is 29.6. The number of pyridine rings is 1. The van der Waals surface area contributed by atoms with Crippen LogP contribution in [0.25, 0.3) is 16.8 Å². The summed E-state index contributed by atoms with van der Waals surface area (Å²) in [5.41, 5.74) is 3.06. The number of aryl methyl sites for hydroxylation is 1. The van der Waals surface area contributed by atoms with Gasteiger partial charge in [0.2, 0.25) is 5.91 Å². The van der Waals surface area contributed by atoms with Crippen LogP contribution in [0.4, 0.5) is 35.0 Å². The molecule has 2 unspecified atom stereocenters. The van der Waals surface area contributed by atoms with Gasteiger partial charge in [-0.3, -0.25) is 9.78 Å². The van der Waals surface area contributed by atoms with E-state index >= 15 is 0 Å². The molecule has 1 aliphatic heterocycles. The van der Waals surface area contributed by atoms with Gasteiger partial charge in [-0.25, -0.2) is 9.48 Å². The first-order chi connectivity index (χ1) is 20.0. The van der Waals surface area contributed by atoms with Crippen LogP contribution in [0, 0.1) is 24.2 Å². The van der Waals surface area contributed by atoms with Crippen LogP contribution in [-0.4, -0.2) is 39.9 Å². The Morgan fingerprint density at radius 1 is 1.05 bits per heavy atom. The number of amides is 3. The van der Waals surface area contributed by atoms with E-state index in [2.05, 4.69) is 33.0 Å². The molecule has 0 spiro atoms. The monoisotopic (exact) mass is 576 g/mol. The third-order valence-electron chi connectivity index (χ3n) is 7.98. The molecule has 1 saturated heterocycles. The van der Waals surface area contributed by atoms with Gasteiger partial charge in [-0.1, -0.05) is 19.1 Å². The largest absolute Gasteiger partial charge is 0.416 e. The molecule has 2 aromatic carbocycles. The predicted molar refractivity (Wildman–Crippen MR) is 150 cm³/mol. The summed E-state index contributed by atoms with van der Waals surface area (Å²) in [6, 6.07) is 10.6. The van der Waals surface area contributed by atoms with E-state index in [1.807, 2.05) is 6.92 Å². The van der Waals surface area contributed by atoms with Gasteiger partial charge in [-0.15, -0.1) is 0 Å². The summed E-state index contributed by atoms with van der Waals surface area (Å²) in [4.78, 5) is 29.8. The molecule has 4 aromatic rings. The van der Waals surface area contributed by atoms with E-state index in [1.165, 1.54) is 12.1 Å². The molecule has 0 radical (unpaired) electrons. The number of fused-ring (bicyclic) bond motifs is 1. The minimum atomic E-state index is -4.52. The number of carbonyl (C=O) groups is 2. The van der Waals surface area contributed by atoms with Gasteiger partial charge in [-0.05, 0) is 48.9 Å². The second kappa shape index (κ2) is 10.3. The molecule has 12 heteroatoms. The van der Waals surface area contributed by atoms with Crippen molar-refractivity contribution in [3.05, 3.63) is 84.4 Å². The molecule has 42 heavy (non-hydrogen) atoms. The van der Waals surface area contributed by atoms with E-state index in [9.17, 15) is 22.8 Å². The minimum absolute atomic E-state index is 0.0121. The molecule has 0 bridgehead atoms. The summed E-state index contributed by atoms with van der Waals surface area (Å²) in [5, 5.41) is 12.6. The van der Waals surface area contributed by atoms with Crippen molar-refractivity contribution < 1.29 is 27.5 Å². The molecular formula is C30H27F3N6O3. The maximum atomic E-state index is 13.1. The zero-order valence-electron chi connectivity index (χ0n) is 22.7. The predicted octanol–water partition coefficient (Wildman–Crippen LogP) is 6.13. The molecule has 2 fully saturated rings. The molecule has 3 heterocycles. The quantitative estimate of drug-likeness (QED) is 0.256. The van der Waals surface area contributed by atoms with Crippen molar-refractivity contribution in [2.45, 2.75) is 20.0 Å². The van der Waals surface area contributed by atoms with E-state index in [0.29, 0.717) is 35.8 Å². The van der Waals surface area contributed by atoms with Crippen LogP contribution < -0.4 is 16.0 Å². The number of hydrogen-bond donors (Lipinski definition) is 3. The standard InChI is InChI=1S/C30H27F3N6O3/c1-17-6-7-21(37-28(41)36-20-5-3-4-19(10-20)30(31,32)33)11-25(17)39-14-18(12-35-39)22-13-34-9-8-24(22)38-27(40)26-23-15-42-16-29(23,26)2/h3-14,23,26H,15-16H2,1-2H3,(H,34,38,40)(H2,36,37,41)/t23?,26?,29-/m0/s1. The number of carbonyl (C=O) groups excluding carboxylic acids is 2. The number of halogens is 3. The molecule has 216 valence electrons. The van der Waals surface area contributed by atoms with Crippen molar-refractivity contribution in [2.24, 2.45) is 17.3 Å². The first kappa shape index (κ1) is 27.5. The maximum Gasteiger partial charge on any atom is 0.416 e. The second-order valence-corrected chi connectivity index (χ2v) is 10.8. The number of hydrogen-bond acceptors (Lipinski definition) is 5. The fourth-order valence-corrected chi connectivity index (χ4v) is 5.57. The lowest BCUT2D eigenvalue weighted by Crippen LogP contribution is -2.21. The van der Waals surface area contributed by atoms with Gasteiger partial charge in [0.25, 0.3) is 0 Å². The second-order valence-electron chi connectivity index (χ2n) is 10.8. The topological polar surface area (TPSA) is 110 Å². The average molecular weight is 577 g/mol. The molecule has 3 atom stereocenters. The lowest BCUT2D eigenvalue weighted by atomic mass is 10.1. The third kappa shape index (κ3) is 5.20. The highest BCUT2D eigenvalue weighted by Gasteiger charge is 2.68. The molecular weight excluding hydrogens is 549 g/mol. The highest BCUT2D eigenvalue weighted by molar-refractivity contribution is 6.00. The Bertz CT molecular complexity index is 1690. The molecule has 1 aliphatic carbocycles. The number of urea groups is 1. The molecule has 3 amide bonds. The maximum absolute atomic E-state index is 13.1. The van der Waals surface area contributed by atoms with E-state index in [1.54, 1.807) is 53.7 Å². The number of rotatable bonds is 6. The summed E-state index contributed by atoms with van der Waals surface area (Å²) < 4.78 is 46.2. The lowest BCUT2D eigenvalue weighted by Gasteiger charge is -2.13. The normalized spacial score (nSPS) is 21.0. The zero-order valence-corrected chi connectivity index (χ0v) is 22.7. The first-order valence-corrected chi connectivity index (χ1v) is 13.3. The highest BCUT2D eigenvalue weighted by Crippen LogP contribution is 2.62. The Balaban J connectivity index is 1.18. The van der Waals surface area contributed by atoms with Crippen molar-refractivity contribution in [2.75, 3.05) is 29.2 Å². The first-order valence-electron chi connectivity index (χ1n) is 13.3. The Hall–Kier alpha value is -4.71. The van der Waals surface area contributed by atoms with Crippen LogP contribution in [0.1, 0.15) is 18.1 Å². The third-order valence-corrected chi connectivity index (χ3v) is 7.98. The summed E-state index contributed by atoms with van der Waals surface area (Å²) in [6.07, 6.45) is 2.22. The summed E-state index contributed by atoms with van der Waals surface area (Å²) in [6.45, 7) is 5.15. The van der Waals surface area contributed by atoms with Crippen LogP contribution in [-0.2, 0) is 15.7 Å². The summed E-state index contributed by atoms with van der Waals surface area (Å²) in [7, 11) is 0. The van der Waals surface area contributed by atoms with Crippen molar-refractivity contribution in [1.29, 1.82) is 0 Å². The summed E-state index contributed by atoms with van der Waals surface area (Å²) in [5.74, 6) is 0.115. The fraction of sp³-hybridized carbons (Fsp3) is 0.267. The fourth-order valence-electron chi connectivity index (χ4n) is 5.57. The molecule has 1 saturated carbocycles. The van der Waals surface area contributed by atoms with Gasteiger partial charge in [-0.2, -0.15) is 18.3 Å².